The molecule has 2 rings (SSSR count). The van der Waals surface area contributed by atoms with Gasteiger partial charge in [0.1, 0.15) is 0 Å². The van der Waals surface area contributed by atoms with Gasteiger partial charge in [-0.05, 0) is 36.8 Å². The molecule has 0 aliphatic carbocycles. The second-order valence-electron chi connectivity index (χ2n) is 8.09. The van der Waals surface area contributed by atoms with Crippen molar-refractivity contribution in [2.24, 2.45) is 16.3 Å². The van der Waals surface area contributed by atoms with Crippen LogP contribution >= 0.6 is 0 Å². The first kappa shape index (κ1) is 20.6. The molecular formula is C21H36N4O. The SMILES string of the molecule is CN=C(NCCCNc1ccccc1)NCC1CCCOC1C(C)(C)C. The van der Waals surface area contributed by atoms with E-state index in [0.29, 0.717) is 12.0 Å². The van der Waals surface area contributed by atoms with Crippen LogP contribution in [0.1, 0.15) is 40.0 Å². The van der Waals surface area contributed by atoms with Gasteiger partial charge in [0.05, 0.1) is 6.10 Å². The van der Waals surface area contributed by atoms with Crippen LogP contribution < -0.4 is 16.0 Å². The molecule has 0 bridgehead atoms. The Labute approximate surface area is 159 Å². The zero-order valence-corrected chi connectivity index (χ0v) is 16.8. The number of ether oxygens (including phenoxy) is 1. The van der Waals surface area contributed by atoms with Gasteiger partial charge < -0.3 is 20.7 Å². The van der Waals surface area contributed by atoms with Gasteiger partial charge in [-0.1, -0.05) is 39.0 Å². The Morgan fingerprint density at radius 1 is 1.15 bits per heavy atom. The predicted octanol–water partition coefficient (Wildman–Crippen LogP) is 3.49. The van der Waals surface area contributed by atoms with Crippen molar-refractivity contribution in [2.45, 2.75) is 46.1 Å². The molecule has 0 aromatic heterocycles. The van der Waals surface area contributed by atoms with Crippen LogP contribution in [-0.4, -0.2) is 45.4 Å². The summed E-state index contributed by atoms with van der Waals surface area (Å²) in [5, 5.41) is 10.3. The number of anilines is 1. The maximum Gasteiger partial charge on any atom is 0.190 e. The first-order valence-electron chi connectivity index (χ1n) is 9.86. The minimum Gasteiger partial charge on any atom is -0.385 e. The maximum absolute atomic E-state index is 6.07. The zero-order valence-electron chi connectivity index (χ0n) is 16.8. The molecule has 1 aliphatic heterocycles. The summed E-state index contributed by atoms with van der Waals surface area (Å²) < 4.78 is 6.07. The highest BCUT2D eigenvalue weighted by Crippen LogP contribution is 2.33. The molecule has 26 heavy (non-hydrogen) atoms. The highest BCUT2D eigenvalue weighted by molar-refractivity contribution is 5.79. The van der Waals surface area contributed by atoms with E-state index in [4.69, 9.17) is 4.74 Å². The molecule has 1 aromatic rings. The van der Waals surface area contributed by atoms with Crippen molar-refractivity contribution in [1.29, 1.82) is 0 Å². The molecule has 0 radical (unpaired) electrons. The number of benzene rings is 1. The van der Waals surface area contributed by atoms with Crippen LogP contribution in [0.2, 0.25) is 0 Å². The molecule has 5 nitrogen and oxygen atoms in total. The Kier molecular flexibility index (Phi) is 8.23. The van der Waals surface area contributed by atoms with Crippen molar-refractivity contribution in [2.75, 3.05) is 38.6 Å². The van der Waals surface area contributed by atoms with Crippen LogP contribution in [0.5, 0.6) is 0 Å². The topological polar surface area (TPSA) is 57.7 Å². The predicted molar refractivity (Wildman–Crippen MR) is 111 cm³/mol. The molecule has 0 spiro atoms. The summed E-state index contributed by atoms with van der Waals surface area (Å²) in [6.45, 7) is 10.4. The van der Waals surface area contributed by atoms with Crippen LogP contribution in [-0.2, 0) is 4.74 Å². The molecule has 1 aromatic carbocycles. The second-order valence-corrected chi connectivity index (χ2v) is 8.09. The highest BCUT2D eigenvalue weighted by atomic mass is 16.5. The van der Waals surface area contributed by atoms with Crippen LogP contribution in [0, 0.1) is 11.3 Å². The fourth-order valence-corrected chi connectivity index (χ4v) is 3.54. The Balaban J connectivity index is 1.67. The standard InChI is InChI=1S/C21H36N4O/c1-21(2,3)19-17(10-8-15-26-19)16-25-20(22-4)24-14-9-13-23-18-11-6-5-7-12-18/h5-7,11-12,17,19,23H,8-10,13-16H2,1-4H3,(H2,22,24,25). The number of nitrogens with one attached hydrogen (secondary N) is 3. The van der Waals surface area contributed by atoms with Gasteiger partial charge in [-0.15, -0.1) is 0 Å². The molecule has 146 valence electrons. The summed E-state index contributed by atoms with van der Waals surface area (Å²) in [5.41, 5.74) is 1.34. The summed E-state index contributed by atoms with van der Waals surface area (Å²) in [7, 11) is 1.83. The van der Waals surface area contributed by atoms with Crippen molar-refractivity contribution in [3.8, 4) is 0 Å². The third-order valence-electron chi connectivity index (χ3n) is 4.80. The molecule has 2 atom stereocenters. The first-order valence-corrected chi connectivity index (χ1v) is 9.86. The molecule has 3 N–H and O–H groups in total. The Morgan fingerprint density at radius 3 is 2.62 bits per heavy atom. The van der Waals surface area contributed by atoms with E-state index in [0.717, 1.165) is 45.0 Å². The molecule has 5 heteroatoms. The lowest BCUT2D eigenvalue weighted by molar-refractivity contribution is -0.0835. The molecule has 1 aliphatic rings. The number of aliphatic imine (C=N–C) groups is 1. The minimum absolute atomic E-state index is 0.173. The number of guanidine groups is 1. The third-order valence-corrected chi connectivity index (χ3v) is 4.80. The fourth-order valence-electron chi connectivity index (χ4n) is 3.54. The average Bonchev–Trinajstić information content (AvgIpc) is 2.64. The van der Waals surface area contributed by atoms with Crippen molar-refractivity contribution in [3.63, 3.8) is 0 Å². The summed E-state index contributed by atoms with van der Waals surface area (Å²) in [6, 6.07) is 10.3. The van der Waals surface area contributed by atoms with Gasteiger partial charge >= 0.3 is 0 Å². The summed E-state index contributed by atoms with van der Waals surface area (Å²) in [5.74, 6) is 1.41. The van der Waals surface area contributed by atoms with E-state index in [9.17, 15) is 0 Å². The molecular weight excluding hydrogens is 324 g/mol. The van der Waals surface area contributed by atoms with Gasteiger partial charge in [0, 0.05) is 44.9 Å². The largest absolute Gasteiger partial charge is 0.385 e. The lowest BCUT2D eigenvalue weighted by atomic mass is 9.78. The summed E-state index contributed by atoms with van der Waals surface area (Å²) in [6.07, 6.45) is 3.70. The molecule has 1 saturated heterocycles. The molecule has 2 unspecified atom stereocenters. The number of rotatable bonds is 7. The van der Waals surface area contributed by atoms with E-state index < -0.39 is 0 Å². The van der Waals surface area contributed by atoms with Gasteiger partial charge in [0.25, 0.3) is 0 Å². The smallest absolute Gasteiger partial charge is 0.190 e. The van der Waals surface area contributed by atoms with Crippen LogP contribution in [0.4, 0.5) is 5.69 Å². The maximum atomic E-state index is 6.07. The van der Waals surface area contributed by atoms with E-state index in [2.05, 4.69) is 53.8 Å². The van der Waals surface area contributed by atoms with E-state index in [1.807, 2.05) is 25.2 Å². The number of hydrogen-bond donors (Lipinski definition) is 3. The number of nitrogens with zero attached hydrogens (tertiary/aromatic N) is 1. The number of para-hydroxylation sites is 1. The van der Waals surface area contributed by atoms with Crippen LogP contribution in [0.25, 0.3) is 0 Å². The fraction of sp³-hybridized carbons (Fsp3) is 0.667. The Bertz CT molecular complexity index is 539. The summed E-state index contributed by atoms with van der Waals surface area (Å²) in [4.78, 5) is 4.35. The van der Waals surface area contributed by atoms with E-state index in [-0.39, 0.29) is 5.41 Å². The van der Waals surface area contributed by atoms with E-state index in [1.165, 1.54) is 12.1 Å². The normalized spacial score (nSPS) is 21.3. The second kappa shape index (κ2) is 10.4. The van der Waals surface area contributed by atoms with Crippen molar-refractivity contribution in [1.82, 2.24) is 10.6 Å². The Morgan fingerprint density at radius 2 is 1.92 bits per heavy atom. The van der Waals surface area contributed by atoms with Crippen molar-refractivity contribution < 1.29 is 4.74 Å². The average molecular weight is 361 g/mol. The first-order chi connectivity index (χ1) is 12.5. The van der Waals surface area contributed by atoms with Gasteiger partial charge in [0.15, 0.2) is 5.96 Å². The van der Waals surface area contributed by atoms with E-state index in [1.54, 1.807) is 0 Å². The quantitative estimate of drug-likeness (QED) is 0.396. The van der Waals surface area contributed by atoms with Crippen LogP contribution in [0.15, 0.2) is 35.3 Å². The summed E-state index contributed by atoms with van der Waals surface area (Å²) >= 11 is 0. The van der Waals surface area contributed by atoms with Crippen LogP contribution in [0.3, 0.4) is 0 Å². The minimum atomic E-state index is 0.173. The molecule has 0 saturated carbocycles. The highest BCUT2D eigenvalue weighted by Gasteiger charge is 2.35. The molecule has 0 amide bonds. The zero-order chi connectivity index (χ0) is 18.8. The third kappa shape index (κ3) is 6.87. The molecule has 1 fully saturated rings. The molecule has 1 heterocycles. The van der Waals surface area contributed by atoms with Gasteiger partial charge in [-0.3, -0.25) is 4.99 Å². The van der Waals surface area contributed by atoms with E-state index >= 15 is 0 Å². The number of hydrogen-bond acceptors (Lipinski definition) is 3. The van der Waals surface area contributed by atoms with Gasteiger partial charge in [-0.2, -0.15) is 0 Å². The monoisotopic (exact) mass is 360 g/mol. The Hall–Kier alpha value is -1.75. The lowest BCUT2D eigenvalue weighted by Gasteiger charge is -2.40. The van der Waals surface area contributed by atoms with Crippen molar-refractivity contribution >= 4 is 11.6 Å². The van der Waals surface area contributed by atoms with Gasteiger partial charge in [-0.25, -0.2) is 0 Å². The van der Waals surface area contributed by atoms with Crippen molar-refractivity contribution in [3.05, 3.63) is 30.3 Å². The van der Waals surface area contributed by atoms with Gasteiger partial charge in [0.2, 0.25) is 0 Å². The lowest BCUT2D eigenvalue weighted by Crippen LogP contribution is -2.47.